The van der Waals surface area contributed by atoms with Crippen LogP contribution < -0.4 is 10.0 Å². The van der Waals surface area contributed by atoms with Crippen LogP contribution in [0.5, 0.6) is 0 Å². The van der Waals surface area contributed by atoms with Crippen LogP contribution >= 0.6 is 11.3 Å². The molecule has 2 aromatic rings. The highest BCUT2D eigenvalue weighted by Gasteiger charge is 2.43. The first kappa shape index (κ1) is 16.5. The van der Waals surface area contributed by atoms with Crippen LogP contribution in [-0.2, 0) is 10.0 Å². The molecule has 2 aliphatic heterocycles. The van der Waals surface area contributed by atoms with E-state index in [1.165, 1.54) is 11.3 Å². The molecule has 0 unspecified atom stereocenters. The zero-order valence-electron chi connectivity index (χ0n) is 13.7. The maximum absolute atomic E-state index is 12.6. The Bertz CT molecular complexity index is 930. The lowest BCUT2D eigenvalue weighted by Gasteiger charge is -2.45. The number of fused-ring (bicyclic) bond motifs is 1. The SMILES string of the molecule is Cc1ncsc1C(=O)N1CCC2(CC1)Nc1ccccc1S(=O)(=O)N2. The molecule has 0 bridgehead atoms. The number of aromatic nitrogens is 1. The Morgan fingerprint density at radius 2 is 2.00 bits per heavy atom. The molecule has 1 fully saturated rings. The molecule has 0 atom stereocenters. The van der Waals surface area contributed by atoms with Gasteiger partial charge in [-0.1, -0.05) is 12.1 Å². The molecular formula is C16H18N4O3S2. The quantitative estimate of drug-likeness (QED) is 0.789. The number of nitrogens with zero attached hydrogens (tertiary/aromatic N) is 2. The van der Waals surface area contributed by atoms with Crippen LogP contribution in [0, 0.1) is 6.92 Å². The fraction of sp³-hybridized carbons (Fsp3) is 0.375. The zero-order valence-corrected chi connectivity index (χ0v) is 15.3. The number of carbonyl (C=O) groups is 1. The molecule has 1 aromatic carbocycles. The number of hydrogen-bond acceptors (Lipinski definition) is 6. The zero-order chi connectivity index (χ0) is 17.7. The summed E-state index contributed by atoms with van der Waals surface area (Å²) in [5, 5.41) is 3.34. The molecule has 3 heterocycles. The van der Waals surface area contributed by atoms with E-state index in [4.69, 9.17) is 0 Å². The molecule has 1 amide bonds. The number of amides is 1. The van der Waals surface area contributed by atoms with E-state index in [0.717, 1.165) is 5.69 Å². The molecule has 9 heteroatoms. The number of piperidine rings is 1. The van der Waals surface area contributed by atoms with E-state index in [1.54, 1.807) is 28.6 Å². The summed E-state index contributed by atoms with van der Waals surface area (Å²) in [4.78, 5) is 19.4. The standard InChI is InChI=1S/C16H18N4O3S2/c1-11-14(24-10-17-11)15(21)20-8-6-16(7-9-20)18-12-4-2-3-5-13(12)25(22,23)19-16/h2-5,10,18-19H,6-9H2,1H3. The van der Waals surface area contributed by atoms with Crippen LogP contribution in [-0.4, -0.2) is 43.0 Å². The van der Waals surface area contributed by atoms with Gasteiger partial charge in [-0.05, 0) is 19.1 Å². The third kappa shape index (κ3) is 2.82. The van der Waals surface area contributed by atoms with Crippen molar-refractivity contribution in [1.29, 1.82) is 0 Å². The average Bonchev–Trinajstić information content (AvgIpc) is 3.00. The number of benzene rings is 1. The van der Waals surface area contributed by atoms with Gasteiger partial charge >= 0.3 is 0 Å². The number of hydrogen-bond donors (Lipinski definition) is 2. The molecule has 1 aromatic heterocycles. The Kier molecular flexibility index (Phi) is 3.82. The molecule has 132 valence electrons. The summed E-state index contributed by atoms with van der Waals surface area (Å²) in [6.07, 6.45) is 1.01. The first-order valence-electron chi connectivity index (χ1n) is 8.01. The van der Waals surface area contributed by atoms with E-state index in [1.807, 2.05) is 13.0 Å². The summed E-state index contributed by atoms with van der Waals surface area (Å²) in [5.41, 5.74) is 2.27. The van der Waals surface area contributed by atoms with Gasteiger partial charge in [0.1, 0.15) is 15.4 Å². The summed E-state index contributed by atoms with van der Waals surface area (Å²) in [6, 6.07) is 6.87. The minimum Gasteiger partial charge on any atom is -0.365 e. The second-order valence-electron chi connectivity index (χ2n) is 6.37. The number of para-hydroxylation sites is 1. The number of anilines is 1. The minimum absolute atomic E-state index is 0.0334. The number of likely N-dealkylation sites (tertiary alicyclic amines) is 1. The maximum atomic E-state index is 12.6. The average molecular weight is 378 g/mol. The number of sulfonamides is 1. The van der Waals surface area contributed by atoms with Crippen LogP contribution in [0.4, 0.5) is 5.69 Å². The van der Waals surface area contributed by atoms with Gasteiger partial charge in [-0.25, -0.2) is 13.4 Å². The molecule has 0 aliphatic carbocycles. The molecule has 4 rings (SSSR count). The van der Waals surface area contributed by atoms with E-state index in [0.29, 0.717) is 36.5 Å². The van der Waals surface area contributed by atoms with Gasteiger partial charge in [-0.2, -0.15) is 4.72 Å². The lowest BCUT2D eigenvalue weighted by Crippen LogP contribution is -2.62. The van der Waals surface area contributed by atoms with Crippen molar-refractivity contribution in [1.82, 2.24) is 14.6 Å². The molecule has 2 aliphatic rings. The Hall–Kier alpha value is -1.97. The fourth-order valence-corrected chi connectivity index (χ4v) is 5.68. The van der Waals surface area contributed by atoms with Crippen molar-refractivity contribution >= 4 is 33.0 Å². The maximum Gasteiger partial charge on any atom is 0.265 e. The molecule has 2 N–H and O–H groups in total. The van der Waals surface area contributed by atoms with E-state index in [-0.39, 0.29) is 10.8 Å². The van der Waals surface area contributed by atoms with Crippen molar-refractivity contribution in [2.75, 3.05) is 18.4 Å². The van der Waals surface area contributed by atoms with Crippen LogP contribution in [0.15, 0.2) is 34.7 Å². The normalized spacial score (nSPS) is 20.8. The largest absolute Gasteiger partial charge is 0.365 e. The molecular weight excluding hydrogens is 360 g/mol. The Labute approximate surface area is 150 Å². The van der Waals surface area contributed by atoms with Crippen molar-refractivity contribution in [3.63, 3.8) is 0 Å². The number of thiazole rings is 1. The monoisotopic (exact) mass is 378 g/mol. The molecule has 1 spiro atoms. The highest BCUT2D eigenvalue weighted by molar-refractivity contribution is 7.89. The van der Waals surface area contributed by atoms with Gasteiger partial charge < -0.3 is 10.2 Å². The second kappa shape index (κ2) is 5.79. The van der Waals surface area contributed by atoms with Gasteiger partial charge in [0, 0.05) is 25.9 Å². The lowest BCUT2D eigenvalue weighted by atomic mass is 9.97. The summed E-state index contributed by atoms with van der Waals surface area (Å²) in [6.45, 7) is 2.78. The molecule has 0 saturated carbocycles. The van der Waals surface area contributed by atoms with Crippen molar-refractivity contribution in [2.45, 2.75) is 30.3 Å². The van der Waals surface area contributed by atoms with E-state index < -0.39 is 15.7 Å². The lowest BCUT2D eigenvalue weighted by molar-refractivity contribution is 0.0680. The molecule has 7 nitrogen and oxygen atoms in total. The Morgan fingerprint density at radius 3 is 2.68 bits per heavy atom. The molecule has 1 saturated heterocycles. The Balaban J connectivity index is 1.54. The van der Waals surface area contributed by atoms with E-state index in [2.05, 4.69) is 15.0 Å². The molecule has 0 radical (unpaired) electrons. The van der Waals surface area contributed by atoms with Gasteiger partial charge in [0.05, 0.1) is 16.9 Å². The summed E-state index contributed by atoms with van der Waals surface area (Å²) in [7, 11) is -3.56. The number of rotatable bonds is 1. The highest BCUT2D eigenvalue weighted by Crippen LogP contribution is 2.35. The minimum atomic E-state index is -3.56. The predicted octanol–water partition coefficient (Wildman–Crippen LogP) is 1.79. The summed E-state index contributed by atoms with van der Waals surface area (Å²) < 4.78 is 27.9. The number of aryl methyl sites for hydroxylation is 1. The topological polar surface area (TPSA) is 91.4 Å². The first-order chi connectivity index (χ1) is 11.9. The van der Waals surface area contributed by atoms with Crippen LogP contribution in [0.3, 0.4) is 0 Å². The van der Waals surface area contributed by atoms with E-state index in [9.17, 15) is 13.2 Å². The van der Waals surface area contributed by atoms with Crippen LogP contribution in [0.2, 0.25) is 0 Å². The van der Waals surface area contributed by atoms with Crippen molar-refractivity contribution < 1.29 is 13.2 Å². The van der Waals surface area contributed by atoms with Crippen molar-refractivity contribution in [3.8, 4) is 0 Å². The first-order valence-corrected chi connectivity index (χ1v) is 10.4. The van der Waals surface area contributed by atoms with Crippen molar-refractivity contribution in [3.05, 3.63) is 40.3 Å². The number of nitrogens with one attached hydrogen (secondary N) is 2. The Morgan fingerprint density at radius 1 is 1.28 bits per heavy atom. The van der Waals surface area contributed by atoms with Gasteiger partial charge in [0.25, 0.3) is 5.91 Å². The van der Waals surface area contributed by atoms with Gasteiger partial charge in [0.2, 0.25) is 10.0 Å². The van der Waals surface area contributed by atoms with Gasteiger partial charge in [-0.3, -0.25) is 4.79 Å². The highest BCUT2D eigenvalue weighted by atomic mass is 32.2. The molecule has 25 heavy (non-hydrogen) atoms. The summed E-state index contributed by atoms with van der Waals surface area (Å²) in [5.74, 6) is -0.0334. The van der Waals surface area contributed by atoms with Crippen molar-refractivity contribution in [2.24, 2.45) is 0 Å². The van der Waals surface area contributed by atoms with Crippen LogP contribution in [0.1, 0.15) is 28.2 Å². The van der Waals surface area contributed by atoms with Gasteiger partial charge in [0.15, 0.2) is 0 Å². The smallest absolute Gasteiger partial charge is 0.265 e. The fourth-order valence-electron chi connectivity index (χ4n) is 3.37. The number of carbonyl (C=O) groups excluding carboxylic acids is 1. The van der Waals surface area contributed by atoms with E-state index >= 15 is 0 Å². The summed E-state index contributed by atoms with van der Waals surface area (Å²) >= 11 is 1.34. The third-order valence-electron chi connectivity index (χ3n) is 4.72. The third-order valence-corrected chi connectivity index (χ3v) is 7.24. The van der Waals surface area contributed by atoms with Gasteiger partial charge in [-0.15, -0.1) is 11.3 Å². The predicted molar refractivity (Wildman–Crippen MR) is 95.1 cm³/mol. The second-order valence-corrected chi connectivity index (χ2v) is 8.87. The van der Waals surface area contributed by atoms with Crippen LogP contribution in [0.25, 0.3) is 0 Å².